The standard InChI is InChI=1S/C13H15Cl2NO2/c14-10-1-2-12(11(15)8-10)16-13(17)7-9-3-5-18-6-4-9/h1-2,8-9H,3-7H2,(H,16,17). The SMILES string of the molecule is O=C(CC1CCOCC1)Nc1ccc(Cl)cc1Cl. The van der Waals surface area contributed by atoms with Crippen molar-refractivity contribution < 1.29 is 9.53 Å². The van der Waals surface area contributed by atoms with Crippen LogP contribution in [0.4, 0.5) is 5.69 Å². The molecule has 0 spiro atoms. The van der Waals surface area contributed by atoms with Crippen LogP contribution in [0.15, 0.2) is 18.2 Å². The van der Waals surface area contributed by atoms with Crippen LogP contribution in [0.1, 0.15) is 19.3 Å². The summed E-state index contributed by atoms with van der Waals surface area (Å²) in [6.07, 6.45) is 2.41. The molecule has 1 N–H and O–H groups in total. The van der Waals surface area contributed by atoms with Gasteiger partial charge in [-0.15, -0.1) is 0 Å². The number of amides is 1. The van der Waals surface area contributed by atoms with Gasteiger partial charge in [0.05, 0.1) is 10.7 Å². The summed E-state index contributed by atoms with van der Waals surface area (Å²) in [5.74, 6) is 0.399. The van der Waals surface area contributed by atoms with E-state index in [4.69, 9.17) is 27.9 Å². The Bertz CT molecular complexity index is 431. The van der Waals surface area contributed by atoms with Gasteiger partial charge < -0.3 is 10.1 Å². The van der Waals surface area contributed by atoms with Gasteiger partial charge in [-0.3, -0.25) is 4.79 Å². The van der Waals surface area contributed by atoms with Crippen LogP contribution in [0.2, 0.25) is 10.0 Å². The van der Waals surface area contributed by atoms with Crippen LogP contribution in [0.5, 0.6) is 0 Å². The van der Waals surface area contributed by atoms with Gasteiger partial charge in [-0.05, 0) is 37.0 Å². The number of halogens is 2. The Labute approximate surface area is 116 Å². The third-order valence-electron chi connectivity index (χ3n) is 3.02. The van der Waals surface area contributed by atoms with Crippen molar-refractivity contribution in [2.24, 2.45) is 5.92 Å². The highest BCUT2D eigenvalue weighted by Gasteiger charge is 2.17. The lowest BCUT2D eigenvalue weighted by Crippen LogP contribution is -2.22. The second-order valence-corrected chi connectivity index (χ2v) is 5.28. The summed E-state index contributed by atoms with van der Waals surface area (Å²) in [6.45, 7) is 1.50. The summed E-state index contributed by atoms with van der Waals surface area (Å²) < 4.78 is 5.26. The molecule has 18 heavy (non-hydrogen) atoms. The van der Waals surface area contributed by atoms with Crippen molar-refractivity contribution in [2.75, 3.05) is 18.5 Å². The summed E-state index contributed by atoms with van der Waals surface area (Å²) in [5.41, 5.74) is 0.609. The molecular formula is C13H15Cl2NO2. The van der Waals surface area contributed by atoms with E-state index in [0.717, 1.165) is 26.1 Å². The first-order valence-electron chi connectivity index (χ1n) is 5.98. The van der Waals surface area contributed by atoms with Crippen LogP contribution < -0.4 is 5.32 Å². The van der Waals surface area contributed by atoms with Crippen LogP contribution in [0.3, 0.4) is 0 Å². The molecule has 1 heterocycles. The van der Waals surface area contributed by atoms with Gasteiger partial charge in [0.2, 0.25) is 5.91 Å². The van der Waals surface area contributed by atoms with Gasteiger partial charge in [-0.25, -0.2) is 0 Å². The van der Waals surface area contributed by atoms with Crippen LogP contribution >= 0.6 is 23.2 Å². The summed E-state index contributed by atoms with van der Waals surface area (Å²) in [4.78, 5) is 11.9. The maximum absolute atomic E-state index is 11.9. The second kappa shape index (κ2) is 6.41. The first-order valence-corrected chi connectivity index (χ1v) is 6.73. The molecular weight excluding hydrogens is 273 g/mol. The van der Waals surface area contributed by atoms with Crippen molar-refractivity contribution in [3.63, 3.8) is 0 Å². The Morgan fingerprint density at radius 3 is 2.72 bits per heavy atom. The van der Waals surface area contributed by atoms with E-state index in [1.165, 1.54) is 0 Å². The summed E-state index contributed by atoms with van der Waals surface area (Å²) in [5, 5.41) is 3.83. The van der Waals surface area contributed by atoms with Gasteiger partial charge in [-0.1, -0.05) is 23.2 Å². The summed E-state index contributed by atoms with van der Waals surface area (Å²) in [7, 11) is 0. The van der Waals surface area contributed by atoms with Crippen molar-refractivity contribution in [1.29, 1.82) is 0 Å². The molecule has 2 rings (SSSR count). The number of hydrogen-bond acceptors (Lipinski definition) is 2. The number of ether oxygens (including phenoxy) is 1. The van der Waals surface area contributed by atoms with E-state index in [-0.39, 0.29) is 5.91 Å². The molecule has 0 saturated carbocycles. The number of hydrogen-bond donors (Lipinski definition) is 1. The van der Waals surface area contributed by atoms with E-state index in [9.17, 15) is 4.79 Å². The van der Waals surface area contributed by atoms with E-state index in [1.807, 2.05) is 0 Å². The molecule has 1 aliphatic heterocycles. The zero-order chi connectivity index (χ0) is 13.0. The molecule has 1 aromatic carbocycles. The topological polar surface area (TPSA) is 38.3 Å². The molecule has 1 amide bonds. The normalized spacial score (nSPS) is 16.6. The minimum absolute atomic E-state index is 0.00822. The highest BCUT2D eigenvalue weighted by molar-refractivity contribution is 6.36. The fourth-order valence-corrected chi connectivity index (χ4v) is 2.46. The molecule has 0 unspecified atom stereocenters. The van der Waals surface area contributed by atoms with Gasteiger partial charge in [0.25, 0.3) is 0 Å². The predicted octanol–water partition coefficient (Wildman–Crippen LogP) is 3.75. The molecule has 1 aromatic rings. The average Bonchev–Trinajstić information content (AvgIpc) is 2.34. The van der Waals surface area contributed by atoms with E-state index < -0.39 is 0 Å². The minimum Gasteiger partial charge on any atom is -0.381 e. The number of nitrogens with one attached hydrogen (secondary N) is 1. The molecule has 0 aromatic heterocycles. The first kappa shape index (κ1) is 13.7. The highest BCUT2D eigenvalue weighted by atomic mass is 35.5. The van der Waals surface area contributed by atoms with Crippen LogP contribution in [0.25, 0.3) is 0 Å². The van der Waals surface area contributed by atoms with Gasteiger partial charge in [0.1, 0.15) is 0 Å². The fourth-order valence-electron chi connectivity index (χ4n) is 2.00. The van der Waals surface area contributed by atoms with Crippen LogP contribution in [-0.2, 0) is 9.53 Å². The van der Waals surface area contributed by atoms with Crippen molar-refractivity contribution in [1.82, 2.24) is 0 Å². The van der Waals surface area contributed by atoms with Gasteiger partial charge >= 0.3 is 0 Å². The van der Waals surface area contributed by atoms with Crippen molar-refractivity contribution in [2.45, 2.75) is 19.3 Å². The monoisotopic (exact) mass is 287 g/mol. The molecule has 3 nitrogen and oxygen atoms in total. The summed E-state index contributed by atoms with van der Waals surface area (Å²) >= 11 is 11.8. The molecule has 98 valence electrons. The molecule has 0 atom stereocenters. The van der Waals surface area contributed by atoms with Crippen LogP contribution in [-0.4, -0.2) is 19.1 Å². The third-order valence-corrected chi connectivity index (χ3v) is 3.57. The molecule has 0 bridgehead atoms. The van der Waals surface area contributed by atoms with Crippen LogP contribution in [0, 0.1) is 5.92 Å². The molecule has 1 aliphatic rings. The maximum Gasteiger partial charge on any atom is 0.224 e. The Hall–Kier alpha value is -0.770. The molecule has 0 radical (unpaired) electrons. The second-order valence-electron chi connectivity index (χ2n) is 4.43. The quantitative estimate of drug-likeness (QED) is 0.920. The lowest BCUT2D eigenvalue weighted by molar-refractivity contribution is -0.117. The fraction of sp³-hybridized carbons (Fsp3) is 0.462. The number of carbonyl (C=O) groups is 1. The zero-order valence-corrected chi connectivity index (χ0v) is 11.4. The van der Waals surface area contributed by atoms with Gasteiger partial charge in [0, 0.05) is 24.7 Å². The number of rotatable bonds is 3. The molecule has 1 saturated heterocycles. The van der Waals surface area contributed by atoms with Gasteiger partial charge in [0.15, 0.2) is 0 Å². The van der Waals surface area contributed by atoms with E-state index in [2.05, 4.69) is 5.32 Å². The first-order chi connectivity index (χ1) is 8.65. The maximum atomic E-state index is 11.9. The third kappa shape index (κ3) is 3.87. The number of anilines is 1. The zero-order valence-electron chi connectivity index (χ0n) is 9.92. The Balaban J connectivity index is 1.90. The largest absolute Gasteiger partial charge is 0.381 e. The molecule has 5 heteroatoms. The van der Waals surface area contributed by atoms with Gasteiger partial charge in [-0.2, -0.15) is 0 Å². The highest BCUT2D eigenvalue weighted by Crippen LogP contribution is 2.26. The smallest absolute Gasteiger partial charge is 0.224 e. The summed E-state index contributed by atoms with van der Waals surface area (Å²) in [6, 6.07) is 5.04. The minimum atomic E-state index is -0.00822. The van der Waals surface area contributed by atoms with Crippen molar-refractivity contribution in [3.05, 3.63) is 28.2 Å². The predicted molar refractivity (Wildman–Crippen MR) is 73.3 cm³/mol. The Kier molecular flexibility index (Phi) is 4.87. The number of benzene rings is 1. The van der Waals surface area contributed by atoms with E-state index in [1.54, 1.807) is 18.2 Å². The lowest BCUT2D eigenvalue weighted by Gasteiger charge is -2.21. The molecule has 1 fully saturated rings. The van der Waals surface area contributed by atoms with Crippen molar-refractivity contribution >= 4 is 34.8 Å². The van der Waals surface area contributed by atoms with Crippen molar-refractivity contribution in [3.8, 4) is 0 Å². The number of carbonyl (C=O) groups excluding carboxylic acids is 1. The Morgan fingerprint density at radius 1 is 1.33 bits per heavy atom. The lowest BCUT2D eigenvalue weighted by atomic mass is 9.96. The average molecular weight is 288 g/mol. The van der Waals surface area contributed by atoms with E-state index in [0.29, 0.717) is 28.1 Å². The Morgan fingerprint density at radius 2 is 2.06 bits per heavy atom. The van der Waals surface area contributed by atoms with E-state index >= 15 is 0 Å². The molecule has 0 aliphatic carbocycles.